The maximum atomic E-state index is 13.0. The monoisotopic (exact) mass is 425 g/mol. The van der Waals surface area contributed by atoms with E-state index in [2.05, 4.69) is 39.4 Å². The van der Waals surface area contributed by atoms with E-state index in [4.69, 9.17) is 14.3 Å². The molecule has 164 valence electrons. The van der Waals surface area contributed by atoms with Gasteiger partial charge in [0.1, 0.15) is 5.76 Å². The number of hydrogen-bond acceptors (Lipinski definition) is 6. The van der Waals surface area contributed by atoms with Gasteiger partial charge in [-0.1, -0.05) is 30.3 Å². The molecule has 4 fully saturated rings. The Labute approximate surface area is 180 Å². The number of nitrogens with zero attached hydrogens (tertiary/aromatic N) is 2. The molecule has 0 saturated carbocycles. The standard InChI is InChI=1S/C22H25N3O3.CH2O2/c1-15-9-18(26)10-19(28-15)21(27)23-20-16-11-24-7-8-25(12-16)14-22(20,13-24)17-5-3-2-4-6-17;2-1-3/h2-6,9-10,16,20H,7-8,11-14H2,1H3,(H,23,27);1H,(H,2,3). The van der Waals surface area contributed by atoms with Crippen molar-refractivity contribution in [3.05, 3.63) is 69.8 Å². The summed E-state index contributed by atoms with van der Waals surface area (Å²) in [6.07, 6.45) is 0. The number of piperidine rings is 2. The predicted molar refractivity (Wildman–Crippen MR) is 114 cm³/mol. The second-order valence-electron chi connectivity index (χ2n) is 8.58. The number of carboxylic acid groups (broad SMARTS) is 1. The molecule has 0 radical (unpaired) electrons. The van der Waals surface area contributed by atoms with Crippen LogP contribution in [0, 0.1) is 12.8 Å². The van der Waals surface area contributed by atoms with E-state index in [1.54, 1.807) is 6.92 Å². The van der Waals surface area contributed by atoms with Gasteiger partial charge >= 0.3 is 0 Å². The van der Waals surface area contributed by atoms with Gasteiger partial charge in [-0.05, 0) is 12.5 Å². The summed E-state index contributed by atoms with van der Waals surface area (Å²) in [5.41, 5.74) is 0.914. The molecule has 1 aromatic carbocycles. The normalized spacial score (nSPS) is 30.6. The minimum atomic E-state index is -0.294. The smallest absolute Gasteiger partial charge is 0.290 e. The van der Waals surface area contributed by atoms with Crippen molar-refractivity contribution < 1.29 is 19.1 Å². The van der Waals surface area contributed by atoms with Gasteiger partial charge in [0.25, 0.3) is 12.4 Å². The van der Waals surface area contributed by atoms with Gasteiger partial charge in [-0.2, -0.15) is 0 Å². The molecule has 1 aromatic heterocycles. The molecule has 2 aromatic rings. The average molecular weight is 425 g/mol. The van der Waals surface area contributed by atoms with Crippen molar-refractivity contribution in [3.63, 3.8) is 0 Å². The van der Waals surface area contributed by atoms with E-state index in [0.717, 1.165) is 39.3 Å². The lowest BCUT2D eigenvalue weighted by molar-refractivity contribution is -0.122. The highest BCUT2D eigenvalue weighted by Crippen LogP contribution is 2.43. The summed E-state index contributed by atoms with van der Waals surface area (Å²) < 4.78 is 5.54. The molecule has 3 atom stereocenters. The first-order chi connectivity index (χ1) is 14.9. The van der Waals surface area contributed by atoms with Crippen LogP contribution in [0.2, 0.25) is 0 Å². The molecule has 8 nitrogen and oxygen atoms in total. The van der Waals surface area contributed by atoms with E-state index in [-0.39, 0.29) is 35.0 Å². The van der Waals surface area contributed by atoms with Crippen LogP contribution in [-0.4, -0.2) is 72.6 Å². The Bertz CT molecular complexity index is 990. The fourth-order valence-electron chi connectivity index (χ4n) is 5.50. The van der Waals surface area contributed by atoms with Gasteiger partial charge < -0.3 is 24.6 Å². The van der Waals surface area contributed by atoms with Gasteiger partial charge in [0.15, 0.2) is 11.2 Å². The summed E-state index contributed by atoms with van der Waals surface area (Å²) in [7, 11) is 0. The van der Waals surface area contributed by atoms with Crippen molar-refractivity contribution in [2.24, 2.45) is 5.92 Å². The van der Waals surface area contributed by atoms with Crippen molar-refractivity contribution in [1.82, 2.24) is 15.1 Å². The maximum Gasteiger partial charge on any atom is 0.290 e. The van der Waals surface area contributed by atoms with E-state index in [9.17, 15) is 9.59 Å². The number of fused-ring (bicyclic) bond motifs is 1. The molecule has 0 aliphatic carbocycles. The van der Waals surface area contributed by atoms with Gasteiger partial charge in [-0.25, -0.2) is 0 Å². The minimum Gasteiger partial charge on any atom is -0.483 e. The molecule has 0 spiro atoms. The van der Waals surface area contributed by atoms with Gasteiger partial charge in [0.2, 0.25) is 0 Å². The fourth-order valence-corrected chi connectivity index (χ4v) is 5.50. The van der Waals surface area contributed by atoms with E-state index in [1.807, 2.05) is 6.07 Å². The van der Waals surface area contributed by atoms with Gasteiger partial charge in [0.05, 0.1) is 0 Å². The Morgan fingerprint density at radius 3 is 2.35 bits per heavy atom. The first-order valence-corrected chi connectivity index (χ1v) is 10.5. The summed E-state index contributed by atoms with van der Waals surface area (Å²) in [5.74, 6) is 0.609. The number of carbonyl (C=O) groups is 2. The van der Waals surface area contributed by atoms with Crippen LogP contribution < -0.4 is 10.7 Å². The zero-order valence-electron chi connectivity index (χ0n) is 17.5. The summed E-state index contributed by atoms with van der Waals surface area (Å²) in [6, 6.07) is 13.2. The van der Waals surface area contributed by atoms with Crippen LogP contribution >= 0.6 is 0 Å². The third kappa shape index (κ3) is 4.13. The minimum absolute atomic E-state index is 0.0128. The van der Waals surface area contributed by atoms with Gasteiger partial charge in [-0.3, -0.25) is 14.4 Å². The Morgan fingerprint density at radius 2 is 1.77 bits per heavy atom. The number of nitrogens with one attached hydrogen (secondary N) is 1. The van der Waals surface area contributed by atoms with Crippen molar-refractivity contribution >= 4 is 12.4 Å². The lowest BCUT2D eigenvalue weighted by Crippen LogP contribution is -2.70. The fraction of sp³-hybridized carbons (Fsp3) is 0.435. The Balaban J connectivity index is 0.000000730. The molecular weight excluding hydrogens is 398 g/mol. The molecule has 8 heteroatoms. The zero-order chi connectivity index (χ0) is 22.0. The predicted octanol–water partition coefficient (Wildman–Crippen LogP) is 0.946. The lowest BCUT2D eigenvalue weighted by Gasteiger charge is -2.55. The second-order valence-corrected chi connectivity index (χ2v) is 8.58. The maximum absolute atomic E-state index is 13.0. The summed E-state index contributed by atoms with van der Waals surface area (Å²) in [6.45, 7) is 7.47. The second kappa shape index (κ2) is 8.64. The number of aryl methyl sites for hydroxylation is 1. The largest absolute Gasteiger partial charge is 0.483 e. The molecular formula is C23H27N3O5. The number of rotatable bonds is 3. The molecule has 4 aliphatic rings. The molecule has 4 aliphatic heterocycles. The first-order valence-electron chi connectivity index (χ1n) is 10.5. The van der Waals surface area contributed by atoms with Crippen LogP contribution in [0.1, 0.15) is 21.9 Å². The van der Waals surface area contributed by atoms with E-state index < -0.39 is 0 Å². The highest BCUT2D eigenvalue weighted by Gasteiger charge is 2.55. The van der Waals surface area contributed by atoms with Gasteiger partial charge in [-0.15, -0.1) is 0 Å². The third-order valence-electron chi connectivity index (χ3n) is 6.55. The average Bonchev–Trinajstić information content (AvgIpc) is 2.99. The van der Waals surface area contributed by atoms with Crippen LogP contribution in [-0.2, 0) is 10.2 Å². The van der Waals surface area contributed by atoms with Crippen molar-refractivity contribution in [1.29, 1.82) is 0 Å². The highest BCUT2D eigenvalue weighted by molar-refractivity contribution is 5.91. The lowest BCUT2D eigenvalue weighted by atomic mass is 9.64. The van der Waals surface area contributed by atoms with Crippen LogP contribution in [0.4, 0.5) is 0 Å². The number of benzene rings is 1. The van der Waals surface area contributed by atoms with E-state index in [1.165, 1.54) is 17.7 Å². The van der Waals surface area contributed by atoms with Crippen molar-refractivity contribution in [3.8, 4) is 0 Å². The van der Waals surface area contributed by atoms with Gasteiger partial charge in [0, 0.05) is 68.8 Å². The topological polar surface area (TPSA) is 103 Å². The van der Waals surface area contributed by atoms with Crippen LogP contribution in [0.3, 0.4) is 0 Å². The number of carbonyl (C=O) groups excluding carboxylic acids is 1. The highest BCUT2D eigenvalue weighted by atomic mass is 16.4. The molecule has 1 amide bonds. The van der Waals surface area contributed by atoms with E-state index in [0.29, 0.717) is 11.7 Å². The van der Waals surface area contributed by atoms with Crippen LogP contribution in [0.5, 0.6) is 0 Å². The van der Waals surface area contributed by atoms with Crippen molar-refractivity contribution in [2.75, 3.05) is 39.3 Å². The Morgan fingerprint density at radius 1 is 1.16 bits per heavy atom. The molecule has 5 heterocycles. The molecule has 31 heavy (non-hydrogen) atoms. The van der Waals surface area contributed by atoms with Crippen LogP contribution in [0.25, 0.3) is 0 Å². The van der Waals surface area contributed by atoms with Crippen LogP contribution in [0.15, 0.2) is 51.7 Å². The number of amides is 1. The van der Waals surface area contributed by atoms with E-state index >= 15 is 0 Å². The summed E-state index contributed by atoms with van der Waals surface area (Å²) >= 11 is 0. The Hall–Kier alpha value is -2.97. The molecule has 4 saturated heterocycles. The molecule has 4 bridgehead atoms. The quantitative estimate of drug-likeness (QED) is 0.706. The third-order valence-corrected chi connectivity index (χ3v) is 6.55. The summed E-state index contributed by atoms with van der Waals surface area (Å²) in [5, 5.41) is 10.2. The first kappa shape index (κ1) is 21.3. The SMILES string of the molecule is Cc1cc(=O)cc(C(=O)NC2C3CN4CCN(C3)CC2(c2ccccc2)C4)o1.O=CO. The summed E-state index contributed by atoms with van der Waals surface area (Å²) in [4.78, 5) is 38.3. The zero-order valence-corrected chi connectivity index (χ0v) is 17.5. The Kier molecular flexibility index (Phi) is 5.93. The molecule has 6 rings (SSSR count). The number of hydrogen-bond donors (Lipinski definition) is 2. The van der Waals surface area contributed by atoms with Crippen molar-refractivity contribution in [2.45, 2.75) is 18.4 Å². The molecule has 3 unspecified atom stereocenters. The molecule has 2 N–H and O–H groups in total.